The van der Waals surface area contributed by atoms with Gasteiger partial charge in [-0.05, 0) is 25.1 Å². The Morgan fingerprint density at radius 3 is 2.63 bits per heavy atom. The summed E-state index contributed by atoms with van der Waals surface area (Å²) in [6.45, 7) is 5.56. The molecule has 0 saturated heterocycles. The number of hydrogen-bond acceptors (Lipinski definition) is 2. The molecule has 0 amide bonds. The highest BCUT2D eigenvalue weighted by Gasteiger charge is 2.13. The van der Waals surface area contributed by atoms with Gasteiger partial charge in [-0.2, -0.15) is 0 Å². The lowest BCUT2D eigenvalue weighted by Crippen LogP contribution is -2.16. The van der Waals surface area contributed by atoms with E-state index in [0.29, 0.717) is 22.6 Å². The third kappa shape index (κ3) is 2.68. The first-order valence-electron chi connectivity index (χ1n) is 5.96. The van der Waals surface area contributed by atoms with Crippen LogP contribution in [0.25, 0.3) is 11.3 Å². The van der Waals surface area contributed by atoms with Gasteiger partial charge in [0.1, 0.15) is 11.6 Å². The van der Waals surface area contributed by atoms with Gasteiger partial charge in [-0.1, -0.05) is 25.4 Å². The van der Waals surface area contributed by atoms with Crippen LogP contribution in [0.15, 0.2) is 23.0 Å². The van der Waals surface area contributed by atoms with Crippen molar-refractivity contribution < 1.29 is 4.39 Å². The van der Waals surface area contributed by atoms with Crippen LogP contribution < -0.4 is 5.56 Å². The number of rotatable bonds is 2. The van der Waals surface area contributed by atoms with Gasteiger partial charge in [-0.3, -0.25) is 4.79 Å². The first-order valence-corrected chi connectivity index (χ1v) is 6.34. The van der Waals surface area contributed by atoms with Gasteiger partial charge in [0.15, 0.2) is 0 Å². The van der Waals surface area contributed by atoms with Crippen LogP contribution in [-0.2, 0) is 0 Å². The van der Waals surface area contributed by atoms with Crippen molar-refractivity contribution in [1.82, 2.24) is 9.97 Å². The summed E-state index contributed by atoms with van der Waals surface area (Å²) >= 11 is 5.77. The normalized spacial score (nSPS) is 11.1. The average Bonchev–Trinajstić information content (AvgIpc) is 2.35. The van der Waals surface area contributed by atoms with E-state index in [1.165, 1.54) is 12.1 Å². The summed E-state index contributed by atoms with van der Waals surface area (Å²) < 4.78 is 13.2. The van der Waals surface area contributed by atoms with Crippen LogP contribution in [-0.4, -0.2) is 9.97 Å². The van der Waals surface area contributed by atoms with Crippen molar-refractivity contribution in [2.24, 2.45) is 0 Å². The zero-order chi connectivity index (χ0) is 14.2. The van der Waals surface area contributed by atoms with Crippen LogP contribution in [0.5, 0.6) is 0 Å². The van der Waals surface area contributed by atoms with Crippen LogP contribution in [0.2, 0.25) is 5.02 Å². The number of nitrogens with zero attached hydrogens (tertiary/aromatic N) is 1. The van der Waals surface area contributed by atoms with Crippen LogP contribution in [0.4, 0.5) is 4.39 Å². The van der Waals surface area contributed by atoms with E-state index in [9.17, 15) is 9.18 Å². The van der Waals surface area contributed by atoms with Crippen molar-refractivity contribution in [2.75, 3.05) is 0 Å². The Labute approximate surface area is 115 Å². The molecule has 5 heteroatoms. The van der Waals surface area contributed by atoms with E-state index in [1.807, 2.05) is 13.8 Å². The second-order valence-corrected chi connectivity index (χ2v) is 5.12. The molecule has 0 unspecified atom stereocenters. The molecule has 1 N–H and O–H groups in total. The molecular weight excluding hydrogens is 267 g/mol. The fourth-order valence-corrected chi connectivity index (χ4v) is 1.93. The Hall–Kier alpha value is -1.68. The number of aromatic nitrogens is 2. The molecule has 19 heavy (non-hydrogen) atoms. The van der Waals surface area contributed by atoms with Crippen molar-refractivity contribution in [1.29, 1.82) is 0 Å². The highest BCUT2D eigenvalue weighted by Crippen LogP contribution is 2.25. The van der Waals surface area contributed by atoms with Gasteiger partial charge in [0, 0.05) is 17.0 Å². The van der Waals surface area contributed by atoms with Gasteiger partial charge in [-0.15, -0.1) is 0 Å². The van der Waals surface area contributed by atoms with Crippen LogP contribution in [0, 0.1) is 12.7 Å². The van der Waals surface area contributed by atoms with Crippen molar-refractivity contribution in [2.45, 2.75) is 26.7 Å². The van der Waals surface area contributed by atoms with Gasteiger partial charge in [0.05, 0.1) is 10.7 Å². The smallest absolute Gasteiger partial charge is 0.254 e. The monoisotopic (exact) mass is 280 g/mol. The second-order valence-electron chi connectivity index (χ2n) is 4.71. The zero-order valence-electron chi connectivity index (χ0n) is 10.9. The van der Waals surface area contributed by atoms with Gasteiger partial charge < -0.3 is 4.98 Å². The quantitative estimate of drug-likeness (QED) is 0.912. The van der Waals surface area contributed by atoms with E-state index in [4.69, 9.17) is 11.6 Å². The van der Waals surface area contributed by atoms with Crippen molar-refractivity contribution in [3.8, 4) is 11.3 Å². The van der Waals surface area contributed by atoms with Crippen LogP contribution >= 0.6 is 11.6 Å². The molecule has 3 nitrogen and oxygen atoms in total. The molecule has 0 saturated carbocycles. The fourth-order valence-electron chi connectivity index (χ4n) is 1.75. The highest BCUT2D eigenvalue weighted by molar-refractivity contribution is 6.31. The Morgan fingerprint density at radius 2 is 2.05 bits per heavy atom. The Kier molecular flexibility index (Phi) is 3.71. The lowest BCUT2D eigenvalue weighted by molar-refractivity contribution is 0.628. The lowest BCUT2D eigenvalue weighted by atomic mass is 10.1. The first kappa shape index (κ1) is 13.7. The summed E-state index contributed by atoms with van der Waals surface area (Å²) in [6.07, 6.45) is 0. The molecule has 2 rings (SSSR count). The Morgan fingerprint density at radius 1 is 1.37 bits per heavy atom. The maximum Gasteiger partial charge on any atom is 0.254 e. The molecule has 0 aliphatic heterocycles. The summed E-state index contributed by atoms with van der Waals surface area (Å²) in [4.78, 5) is 19.1. The third-order valence-corrected chi connectivity index (χ3v) is 3.20. The van der Waals surface area contributed by atoms with Crippen molar-refractivity contribution in [3.05, 3.63) is 50.8 Å². The van der Waals surface area contributed by atoms with Crippen LogP contribution in [0.3, 0.4) is 0 Å². The summed E-state index contributed by atoms with van der Waals surface area (Å²) in [6, 6.07) is 4.32. The molecule has 0 atom stereocenters. The molecule has 0 aliphatic carbocycles. The SMILES string of the molecule is Cc1c(-c2ccc(F)c(Cl)c2)nc(C(C)C)[nH]c1=O. The second kappa shape index (κ2) is 5.13. The number of halogens is 2. The Balaban J connectivity index is 2.67. The lowest BCUT2D eigenvalue weighted by Gasteiger charge is -2.10. The van der Waals surface area contributed by atoms with Crippen molar-refractivity contribution >= 4 is 11.6 Å². The van der Waals surface area contributed by atoms with Crippen LogP contribution in [0.1, 0.15) is 31.2 Å². The maximum atomic E-state index is 13.2. The first-order chi connectivity index (χ1) is 8.90. The topological polar surface area (TPSA) is 45.8 Å². The molecule has 0 aliphatic rings. The number of hydrogen-bond donors (Lipinski definition) is 1. The van der Waals surface area contributed by atoms with Gasteiger partial charge in [0.25, 0.3) is 5.56 Å². The standard InChI is InChI=1S/C14H14ClFN2O/c1-7(2)13-17-12(8(3)14(19)18-13)9-4-5-11(16)10(15)6-9/h4-7H,1-3H3,(H,17,18,19). The van der Waals surface area contributed by atoms with E-state index in [1.54, 1.807) is 13.0 Å². The maximum absolute atomic E-state index is 13.2. The predicted molar refractivity (Wildman–Crippen MR) is 74.1 cm³/mol. The van der Waals surface area contributed by atoms with E-state index < -0.39 is 5.82 Å². The molecule has 100 valence electrons. The molecule has 0 fully saturated rings. The van der Waals surface area contributed by atoms with Crippen molar-refractivity contribution in [3.63, 3.8) is 0 Å². The fraction of sp³-hybridized carbons (Fsp3) is 0.286. The Bertz CT molecular complexity index is 680. The van der Waals surface area contributed by atoms with E-state index in [0.717, 1.165) is 0 Å². The molecule has 1 aromatic heterocycles. The number of benzene rings is 1. The molecule has 1 heterocycles. The molecular formula is C14H14ClFN2O. The summed E-state index contributed by atoms with van der Waals surface area (Å²) in [5.41, 5.74) is 1.48. The summed E-state index contributed by atoms with van der Waals surface area (Å²) in [5, 5.41) is 0.0186. The summed E-state index contributed by atoms with van der Waals surface area (Å²) in [5.74, 6) is 0.214. The minimum atomic E-state index is -0.489. The van der Waals surface area contributed by atoms with Gasteiger partial charge in [-0.25, -0.2) is 9.37 Å². The predicted octanol–water partition coefficient (Wildman–Crippen LogP) is 3.66. The largest absolute Gasteiger partial charge is 0.310 e. The van der Waals surface area contributed by atoms with E-state index >= 15 is 0 Å². The molecule has 0 spiro atoms. The zero-order valence-corrected chi connectivity index (χ0v) is 11.7. The minimum absolute atomic E-state index is 0.0186. The minimum Gasteiger partial charge on any atom is -0.310 e. The van der Waals surface area contributed by atoms with E-state index in [2.05, 4.69) is 9.97 Å². The number of H-pyrrole nitrogens is 1. The number of nitrogens with one attached hydrogen (secondary N) is 1. The average molecular weight is 281 g/mol. The van der Waals surface area contributed by atoms with Gasteiger partial charge in [0.2, 0.25) is 0 Å². The number of aromatic amines is 1. The highest BCUT2D eigenvalue weighted by atomic mass is 35.5. The molecule has 1 aromatic carbocycles. The van der Waals surface area contributed by atoms with E-state index in [-0.39, 0.29) is 16.5 Å². The molecule has 2 aromatic rings. The third-order valence-electron chi connectivity index (χ3n) is 2.91. The molecule has 0 bridgehead atoms. The van der Waals surface area contributed by atoms with Gasteiger partial charge >= 0.3 is 0 Å². The molecule has 0 radical (unpaired) electrons. The summed E-state index contributed by atoms with van der Waals surface area (Å²) in [7, 11) is 0.